The van der Waals surface area contributed by atoms with Crippen LogP contribution in [0.4, 0.5) is 15.0 Å². The quantitative estimate of drug-likeness (QED) is 0.852. The fourth-order valence-electron chi connectivity index (χ4n) is 2.23. The van der Waals surface area contributed by atoms with Crippen LogP contribution in [0.25, 0.3) is 11.1 Å². The number of ether oxygens (including phenoxy) is 1. The van der Waals surface area contributed by atoms with E-state index in [1.54, 1.807) is 24.5 Å². The number of amides is 1. The van der Waals surface area contributed by atoms with Crippen molar-refractivity contribution in [1.29, 1.82) is 0 Å². The second-order valence-electron chi connectivity index (χ2n) is 5.51. The molecule has 3 rings (SSSR count). The van der Waals surface area contributed by atoms with Gasteiger partial charge in [-0.05, 0) is 32.0 Å². The second-order valence-corrected chi connectivity index (χ2v) is 5.51. The van der Waals surface area contributed by atoms with Crippen molar-refractivity contribution >= 4 is 11.9 Å². The third kappa shape index (κ3) is 2.69. The third-order valence-electron chi connectivity index (χ3n) is 3.19. The lowest BCUT2D eigenvalue weighted by molar-refractivity contribution is 0.0871. The van der Waals surface area contributed by atoms with E-state index < -0.39 is 17.5 Å². The van der Waals surface area contributed by atoms with Gasteiger partial charge in [0.25, 0.3) is 0 Å². The third-order valence-corrected chi connectivity index (χ3v) is 3.19. The van der Waals surface area contributed by atoms with Crippen molar-refractivity contribution in [3.8, 4) is 11.1 Å². The molecule has 0 unspecified atom stereocenters. The molecule has 2 aromatic rings. The van der Waals surface area contributed by atoms with E-state index in [1.807, 2.05) is 13.8 Å². The number of hydrogen-bond acceptors (Lipinski definition) is 4. The molecule has 0 bridgehead atoms. The highest BCUT2D eigenvalue weighted by Crippen LogP contribution is 2.27. The lowest BCUT2D eigenvalue weighted by Crippen LogP contribution is -2.28. The Balaban J connectivity index is 1.87. The molecule has 1 amide bonds. The zero-order valence-corrected chi connectivity index (χ0v) is 11.7. The van der Waals surface area contributed by atoms with Crippen LogP contribution in [0, 0.1) is 5.82 Å². The van der Waals surface area contributed by atoms with Gasteiger partial charge in [0.15, 0.2) is 0 Å². The molecule has 1 aliphatic rings. The summed E-state index contributed by atoms with van der Waals surface area (Å²) in [6.07, 6.45) is 3.89. The van der Waals surface area contributed by atoms with Crippen molar-refractivity contribution in [1.82, 2.24) is 9.97 Å². The molecule has 21 heavy (non-hydrogen) atoms. The number of nitrogens with zero attached hydrogens (tertiary/aromatic N) is 3. The van der Waals surface area contributed by atoms with Crippen molar-refractivity contribution in [2.45, 2.75) is 19.4 Å². The molecule has 2 aromatic heterocycles. The van der Waals surface area contributed by atoms with E-state index in [-0.39, 0.29) is 0 Å². The second kappa shape index (κ2) is 4.80. The molecule has 0 spiro atoms. The van der Waals surface area contributed by atoms with Gasteiger partial charge in [-0.2, -0.15) is 0 Å². The SMILES string of the molecule is CC1(C)CN(c2ccc(-c3cncc(F)c3)cn2)C(=O)O1. The maximum absolute atomic E-state index is 13.2. The van der Waals surface area contributed by atoms with Gasteiger partial charge in [-0.3, -0.25) is 9.88 Å². The van der Waals surface area contributed by atoms with Gasteiger partial charge in [-0.25, -0.2) is 14.2 Å². The van der Waals surface area contributed by atoms with Gasteiger partial charge in [-0.15, -0.1) is 0 Å². The van der Waals surface area contributed by atoms with Crippen LogP contribution in [-0.2, 0) is 4.74 Å². The lowest BCUT2D eigenvalue weighted by atomic mass is 10.1. The Kier molecular flexibility index (Phi) is 3.08. The molecule has 0 aromatic carbocycles. The minimum atomic E-state index is -0.524. The molecule has 0 N–H and O–H groups in total. The molecule has 1 fully saturated rings. The first kappa shape index (κ1) is 13.5. The Morgan fingerprint density at radius 3 is 2.62 bits per heavy atom. The summed E-state index contributed by atoms with van der Waals surface area (Å²) >= 11 is 0. The summed E-state index contributed by atoms with van der Waals surface area (Å²) < 4.78 is 18.4. The Morgan fingerprint density at radius 2 is 2.05 bits per heavy atom. The number of carbonyl (C=O) groups is 1. The van der Waals surface area contributed by atoms with Crippen LogP contribution in [0.5, 0.6) is 0 Å². The molecule has 5 nitrogen and oxygen atoms in total. The Labute approximate surface area is 121 Å². The molecule has 0 saturated carbocycles. The van der Waals surface area contributed by atoms with Gasteiger partial charge in [0, 0.05) is 23.5 Å². The molecule has 3 heterocycles. The number of hydrogen-bond donors (Lipinski definition) is 0. The minimum Gasteiger partial charge on any atom is -0.441 e. The van der Waals surface area contributed by atoms with Crippen LogP contribution in [0.1, 0.15) is 13.8 Å². The van der Waals surface area contributed by atoms with Crippen molar-refractivity contribution in [3.63, 3.8) is 0 Å². The predicted molar refractivity (Wildman–Crippen MR) is 75.3 cm³/mol. The van der Waals surface area contributed by atoms with Crippen molar-refractivity contribution < 1.29 is 13.9 Å². The number of anilines is 1. The van der Waals surface area contributed by atoms with Gasteiger partial charge >= 0.3 is 6.09 Å². The van der Waals surface area contributed by atoms with Crippen molar-refractivity contribution in [2.75, 3.05) is 11.4 Å². The lowest BCUT2D eigenvalue weighted by Gasteiger charge is -2.15. The van der Waals surface area contributed by atoms with Gasteiger partial charge in [0.1, 0.15) is 17.2 Å². The number of carbonyl (C=O) groups excluding carboxylic acids is 1. The van der Waals surface area contributed by atoms with Crippen LogP contribution < -0.4 is 4.90 Å². The van der Waals surface area contributed by atoms with Crippen LogP contribution in [0.2, 0.25) is 0 Å². The highest BCUT2D eigenvalue weighted by atomic mass is 19.1. The maximum atomic E-state index is 13.2. The summed E-state index contributed by atoms with van der Waals surface area (Å²) in [5, 5.41) is 0. The first-order chi connectivity index (χ1) is 9.94. The summed E-state index contributed by atoms with van der Waals surface area (Å²) in [6, 6.07) is 4.87. The van der Waals surface area contributed by atoms with Gasteiger partial charge in [0.05, 0.1) is 12.7 Å². The summed E-state index contributed by atoms with van der Waals surface area (Å²) in [4.78, 5) is 21.3. The van der Waals surface area contributed by atoms with Crippen molar-refractivity contribution in [2.24, 2.45) is 0 Å². The molecular formula is C15H14FN3O2. The van der Waals surface area contributed by atoms with E-state index in [0.717, 1.165) is 11.8 Å². The Bertz CT molecular complexity index is 686. The highest BCUT2D eigenvalue weighted by molar-refractivity contribution is 5.89. The molecule has 108 valence electrons. The van der Waals surface area contributed by atoms with Gasteiger partial charge in [0.2, 0.25) is 0 Å². The molecule has 0 atom stereocenters. The minimum absolute atomic E-state index is 0.401. The fourth-order valence-corrected chi connectivity index (χ4v) is 2.23. The number of aromatic nitrogens is 2. The predicted octanol–water partition coefficient (Wildman–Crippen LogP) is 3.02. The summed E-state index contributed by atoms with van der Waals surface area (Å²) in [5.74, 6) is 0.111. The maximum Gasteiger partial charge on any atom is 0.416 e. The zero-order chi connectivity index (χ0) is 15.0. The number of pyridine rings is 2. The smallest absolute Gasteiger partial charge is 0.416 e. The zero-order valence-electron chi connectivity index (χ0n) is 11.7. The summed E-state index contributed by atoms with van der Waals surface area (Å²) in [5.41, 5.74) is 0.847. The Hall–Kier alpha value is -2.50. The van der Waals surface area contributed by atoms with E-state index in [4.69, 9.17) is 4.74 Å². The van der Waals surface area contributed by atoms with E-state index in [2.05, 4.69) is 9.97 Å². The Morgan fingerprint density at radius 1 is 1.24 bits per heavy atom. The van der Waals surface area contributed by atoms with Crippen LogP contribution in [-0.4, -0.2) is 28.2 Å². The summed E-state index contributed by atoms with van der Waals surface area (Å²) in [6.45, 7) is 4.13. The van der Waals surface area contributed by atoms with Crippen LogP contribution >= 0.6 is 0 Å². The van der Waals surface area contributed by atoms with E-state index >= 15 is 0 Å². The number of cyclic esters (lactones) is 1. The first-order valence-corrected chi connectivity index (χ1v) is 6.52. The van der Waals surface area contributed by atoms with Gasteiger partial charge in [-0.1, -0.05) is 0 Å². The molecule has 1 saturated heterocycles. The van der Waals surface area contributed by atoms with E-state index in [9.17, 15) is 9.18 Å². The topological polar surface area (TPSA) is 55.3 Å². The monoisotopic (exact) mass is 287 g/mol. The van der Waals surface area contributed by atoms with E-state index in [0.29, 0.717) is 17.9 Å². The molecule has 6 heteroatoms. The first-order valence-electron chi connectivity index (χ1n) is 6.52. The largest absolute Gasteiger partial charge is 0.441 e. The summed E-state index contributed by atoms with van der Waals surface area (Å²) in [7, 11) is 0. The highest BCUT2D eigenvalue weighted by Gasteiger charge is 2.38. The fraction of sp³-hybridized carbons (Fsp3) is 0.267. The average molecular weight is 287 g/mol. The molecule has 0 aliphatic carbocycles. The standard InChI is InChI=1S/C15H14FN3O2/c1-15(2)9-19(14(20)21-15)13-4-3-10(7-18-13)11-5-12(16)8-17-6-11/h3-8H,9H2,1-2H3. The number of halogens is 1. The molecular weight excluding hydrogens is 273 g/mol. The normalized spacial score (nSPS) is 16.9. The van der Waals surface area contributed by atoms with E-state index in [1.165, 1.54) is 11.0 Å². The van der Waals surface area contributed by atoms with Crippen LogP contribution in [0.3, 0.4) is 0 Å². The molecule has 0 radical (unpaired) electrons. The van der Waals surface area contributed by atoms with Crippen molar-refractivity contribution in [3.05, 3.63) is 42.6 Å². The van der Waals surface area contributed by atoms with Crippen LogP contribution in [0.15, 0.2) is 36.8 Å². The molecule has 1 aliphatic heterocycles. The average Bonchev–Trinajstić information content (AvgIpc) is 2.72. The van der Waals surface area contributed by atoms with Gasteiger partial charge < -0.3 is 4.74 Å². The number of rotatable bonds is 2.